The van der Waals surface area contributed by atoms with Gasteiger partial charge in [-0.15, -0.1) is 4.83 Å². The Bertz CT molecular complexity index is 907. The number of sulfone groups is 1. The van der Waals surface area contributed by atoms with Gasteiger partial charge in [0.1, 0.15) is 0 Å². The fourth-order valence-electron chi connectivity index (χ4n) is 2.41. The van der Waals surface area contributed by atoms with Crippen LogP contribution in [0.5, 0.6) is 0 Å². The zero-order valence-corrected chi connectivity index (χ0v) is 15.2. The van der Waals surface area contributed by atoms with Crippen LogP contribution in [0.4, 0.5) is 0 Å². The third-order valence-corrected chi connectivity index (χ3v) is 6.97. The van der Waals surface area contributed by atoms with Crippen LogP contribution in [0.2, 0.25) is 0 Å². The van der Waals surface area contributed by atoms with E-state index in [-0.39, 0.29) is 28.4 Å². The summed E-state index contributed by atoms with van der Waals surface area (Å²) in [5.41, 5.74) is 2.44. The van der Waals surface area contributed by atoms with Crippen LogP contribution in [-0.4, -0.2) is 47.3 Å². The number of esters is 1. The lowest BCUT2D eigenvalue weighted by molar-refractivity contribution is -0.124. The van der Waals surface area contributed by atoms with Gasteiger partial charge in [0.05, 0.1) is 35.0 Å². The third kappa shape index (κ3) is 4.55. The molecule has 1 aromatic rings. The molecule has 0 saturated carbocycles. The Morgan fingerprint density at radius 2 is 1.96 bits per heavy atom. The largest absolute Gasteiger partial charge is 0.465 e. The zero-order valence-electron chi connectivity index (χ0n) is 13.6. The number of benzene rings is 1. The molecule has 1 heterocycles. The highest BCUT2D eigenvalue weighted by Gasteiger charge is 2.33. The molecular formula is C14H18N2O7S2. The van der Waals surface area contributed by atoms with Crippen LogP contribution in [0.1, 0.15) is 22.3 Å². The molecule has 25 heavy (non-hydrogen) atoms. The minimum Gasteiger partial charge on any atom is -0.465 e. The van der Waals surface area contributed by atoms with E-state index in [9.17, 15) is 26.4 Å². The van der Waals surface area contributed by atoms with Gasteiger partial charge in [-0.1, -0.05) is 6.07 Å². The highest BCUT2D eigenvalue weighted by molar-refractivity contribution is 7.91. The molecule has 1 fully saturated rings. The van der Waals surface area contributed by atoms with Gasteiger partial charge in [-0.25, -0.2) is 21.6 Å². The van der Waals surface area contributed by atoms with Crippen molar-refractivity contribution in [3.8, 4) is 0 Å². The molecule has 9 nitrogen and oxygen atoms in total. The normalized spacial score (nSPS) is 19.4. The SMILES string of the molecule is COC(=O)c1ccc(C)c(S(=O)(=O)NNC(=O)[C@H]2CCS(=O)(=O)C2)c1. The van der Waals surface area contributed by atoms with E-state index in [0.717, 1.165) is 6.07 Å². The number of sulfonamides is 1. The van der Waals surface area contributed by atoms with Gasteiger partial charge < -0.3 is 4.74 Å². The summed E-state index contributed by atoms with van der Waals surface area (Å²) in [4.78, 5) is 25.2. The fourth-order valence-corrected chi connectivity index (χ4v) is 5.27. The number of hydrogen-bond donors (Lipinski definition) is 2. The Labute approximate surface area is 145 Å². The van der Waals surface area contributed by atoms with Crippen molar-refractivity contribution in [1.82, 2.24) is 10.3 Å². The first kappa shape index (κ1) is 19.3. The molecule has 11 heteroatoms. The maximum atomic E-state index is 12.4. The lowest BCUT2D eigenvalue weighted by Crippen LogP contribution is -2.44. The van der Waals surface area contributed by atoms with Crippen LogP contribution in [0, 0.1) is 12.8 Å². The van der Waals surface area contributed by atoms with Crippen LogP contribution in [-0.2, 0) is 29.4 Å². The van der Waals surface area contributed by atoms with Crippen molar-refractivity contribution in [2.45, 2.75) is 18.2 Å². The minimum absolute atomic E-state index is 0.0432. The molecular weight excluding hydrogens is 372 g/mol. The minimum atomic E-state index is -4.15. The van der Waals surface area contributed by atoms with Crippen molar-refractivity contribution in [3.63, 3.8) is 0 Å². The molecule has 0 spiro atoms. The van der Waals surface area contributed by atoms with Gasteiger partial charge in [0.2, 0.25) is 5.91 Å². The lowest BCUT2D eigenvalue weighted by Gasteiger charge is -2.13. The summed E-state index contributed by atoms with van der Waals surface area (Å²) < 4.78 is 52.0. The summed E-state index contributed by atoms with van der Waals surface area (Å²) in [7, 11) is -6.24. The molecule has 0 unspecified atom stereocenters. The number of hydrogen-bond acceptors (Lipinski definition) is 7. The van der Waals surface area contributed by atoms with Gasteiger partial charge in [-0.2, -0.15) is 0 Å². The van der Waals surface area contributed by atoms with E-state index >= 15 is 0 Å². The molecule has 1 aromatic carbocycles. The molecule has 1 aliphatic heterocycles. The van der Waals surface area contributed by atoms with Crippen molar-refractivity contribution in [2.24, 2.45) is 5.92 Å². The van der Waals surface area contributed by atoms with E-state index in [4.69, 9.17) is 0 Å². The van der Waals surface area contributed by atoms with Crippen LogP contribution < -0.4 is 10.3 Å². The summed E-state index contributed by atoms with van der Waals surface area (Å²) >= 11 is 0. The number of ether oxygens (including phenoxy) is 1. The van der Waals surface area contributed by atoms with Crippen molar-refractivity contribution in [2.75, 3.05) is 18.6 Å². The molecule has 2 rings (SSSR count). The lowest BCUT2D eigenvalue weighted by atomic mass is 10.1. The molecule has 1 atom stereocenters. The maximum Gasteiger partial charge on any atom is 0.337 e. The topological polar surface area (TPSA) is 136 Å². The van der Waals surface area contributed by atoms with Crippen molar-refractivity contribution in [1.29, 1.82) is 0 Å². The molecule has 1 amide bonds. The zero-order chi connectivity index (χ0) is 18.8. The van der Waals surface area contributed by atoms with Crippen LogP contribution in [0.25, 0.3) is 0 Å². The van der Waals surface area contributed by atoms with Crippen LogP contribution in [0.15, 0.2) is 23.1 Å². The maximum absolute atomic E-state index is 12.4. The summed E-state index contributed by atoms with van der Waals surface area (Å²) in [5.74, 6) is -2.62. The molecule has 0 aliphatic carbocycles. The second-order valence-corrected chi connectivity index (χ2v) is 9.55. The smallest absolute Gasteiger partial charge is 0.337 e. The summed E-state index contributed by atoms with van der Waals surface area (Å²) in [5, 5.41) is 0. The average Bonchev–Trinajstić information content (AvgIpc) is 2.92. The summed E-state index contributed by atoms with van der Waals surface area (Å²) in [6.07, 6.45) is 0.146. The van der Waals surface area contributed by atoms with E-state index < -0.39 is 37.7 Å². The second kappa shape index (κ2) is 7.10. The number of nitrogens with one attached hydrogen (secondary N) is 2. The first-order valence-electron chi connectivity index (χ1n) is 7.27. The Kier molecular flexibility index (Phi) is 5.49. The molecule has 0 aromatic heterocycles. The quantitative estimate of drug-likeness (QED) is 0.512. The van der Waals surface area contributed by atoms with Crippen molar-refractivity contribution in [3.05, 3.63) is 29.3 Å². The fraction of sp³-hybridized carbons (Fsp3) is 0.429. The predicted octanol–water partition coefficient (Wildman–Crippen LogP) is -0.474. The molecule has 1 saturated heterocycles. The number of aryl methyl sites for hydroxylation is 1. The third-order valence-electron chi connectivity index (χ3n) is 3.81. The number of rotatable bonds is 5. The summed E-state index contributed by atoms with van der Waals surface area (Å²) in [6, 6.07) is 3.99. The Hall–Kier alpha value is -1.98. The van der Waals surface area contributed by atoms with Gasteiger partial charge in [-0.05, 0) is 31.0 Å². The van der Waals surface area contributed by atoms with Gasteiger partial charge >= 0.3 is 5.97 Å². The van der Waals surface area contributed by atoms with Crippen LogP contribution >= 0.6 is 0 Å². The van der Waals surface area contributed by atoms with Gasteiger partial charge in [0.25, 0.3) is 10.0 Å². The Balaban J connectivity index is 2.14. The standard InChI is InChI=1S/C14H18N2O7S2/c1-9-3-4-10(14(18)23-2)7-12(9)25(21,22)16-15-13(17)11-5-6-24(19,20)8-11/h3-4,7,11,16H,5-6,8H2,1-2H3,(H,15,17)/t11-/m0/s1. The predicted molar refractivity (Wildman–Crippen MR) is 87.7 cm³/mol. The van der Waals surface area contributed by atoms with E-state index in [1.807, 2.05) is 10.3 Å². The monoisotopic (exact) mass is 390 g/mol. The average molecular weight is 390 g/mol. The molecule has 2 N–H and O–H groups in total. The van der Waals surface area contributed by atoms with Crippen molar-refractivity contribution < 1.29 is 31.2 Å². The molecule has 0 radical (unpaired) electrons. The van der Waals surface area contributed by atoms with Crippen LogP contribution in [0.3, 0.4) is 0 Å². The first-order valence-corrected chi connectivity index (χ1v) is 10.6. The van der Waals surface area contributed by atoms with E-state index in [2.05, 4.69) is 4.74 Å². The number of carbonyl (C=O) groups is 2. The highest BCUT2D eigenvalue weighted by Crippen LogP contribution is 2.19. The van der Waals surface area contributed by atoms with E-state index in [1.165, 1.54) is 26.2 Å². The van der Waals surface area contributed by atoms with Gasteiger partial charge in [-0.3, -0.25) is 10.2 Å². The van der Waals surface area contributed by atoms with Crippen molar-refractivity contribution >= 4 is 31.7 Å². The number of amides is 1. The Morgan fingerprint density at radius 1 is 1.28 bits per heavy atom. The molecule has 138 valence electrons. The molecule has 0 bridgehead atoms. The number of hydrazine groups is 1. The first-order chi connectivity index (χ1) is 11.6. The van der Waals surface area contributed by atoms with E-state index in [1.54, 1.807) is 0 Å². The number of carbonyl (C=O) groups excluding carboxylic acids is 2. The van der Waals surface area contributed by atoms with Gasteiger partial charge in [0.15, 0.2) is 9.84 Å². The highest BCUT2D eigenvalue weighted by atomic mass is 32.2. The second-order valence-electron chi connectivity index (χ2n) is 5.67. The van der Waals surface area contributed by atoms with E-state index in [0.29, 0.717) is 5.56 Å². The molecule has 1 aliphatic rings. The summed E-state index contributed by atoms with van der Waals surface area (Å²) in [6.45, 7) is 1.53. The van der Waals surface area contributed by atoms with Gasteiger partial charge in [0, 0.05) is 0 Å². The Morgan fingerprint density at radius 3 is 2.52 bits per heavy atom. The number of methoxy groups -OCH3 is 1.